The number of ether oxygens (including phenoxy) is 1. The molecule has 3 rings (SSSR count). The Morgan fingerprint density at radius 1 is 0.900 bits per heavy atom. The third-order valence-corrected chi connectivity index (χ3v) is 3.33. The van der Waals surface area contributed by atoms with Crippen molar-refractivity contribution in [1.82, 2.24) is 4.98 Å². The minimum atomic E-state index is 0.647. The van der Waals surface area contributed by atoms with E-state index in [1.54, 1.807) is 0 Å². The van der Waals surface area contributed by atoms with Crippen molar-refractivity contribution in [1.29, 1.82) is 0 Å². The molecule has 20 heavy (non-hydrogen) atoms. The van der Waals surface area contributed by atoms with Crippen molar-refractivity contribution >= 4 is 10.9 Å². The number of hydrogen-bond acceptors (Lipinski definition) is 2. The van der Waals surface area contributed by atoms with E-state index in [0.717, 1.165) is 17.3 Å². The van der Waals surface area contributed by atoms with Gasteiger partial charge in [0.25, 0.3) is 0 Å². The number of hydrogen-bond donors (Lipinski definition) is 0. The van der Waals surface area contributed by atoms with E-state index in [0.29, 0.717) is 12.5 Å². The van der Waals surface area contributed by atoms with E-state index in [-0.39, 0.29) is 0 Å². The maximum absolute atomic E-state index is 5.74. The lowest BCUT2D eigenvalue weighted by Crippen LogP contribution is -2.02. The van der Waals surface area contributed by atoms with Crippen LogP contribution in [-0.2, 0) is 6.42 Å². The topological polar surface area (TPSA) is 22.1 Å². The van der Waals surface area contributed by atoms with Crippen LogP contribution in [0.5, 0.6) is 5.88 Å². The van der Waals surface area contributed by atoms with Gasteiger partial charge in [0.2, 0.25) is 5.88 Å². The van der Waals surface area contributed by atoms with Crippen molar-refractivity contribution in [3.63, 3.8) is 0 Å². The van der Waals surface area contributed by atoms with Gasteiger partial charge in [-0.25, -0.2) is 4.98 Å². The second-order valence-corrected chi connectivity index (χ2v) is 4.93. The van der Waals surface area contributed by atoms with Crippen molar-refractivity contribution in [2.45, 2.75) is 13.3 Å². The summed E-state index contributed by atoms with van der Waals surface area (Å²) in [5.74, 6) is 0.691. The van der Waals surface area contributed by atoms with Gasteiger partial charge < -0.3 is 4.74 Å². The summed E-state index contributed by atoms with van der Waals surface area (Å²) in [5.41, 5.74) is 3.54. The molecular formula is C18H17NO. The van der Waals surface area contributed by atoms with Gasteiger partial charge >= 0.3 is 0 Å². The van der Waals surface area contributed by atoms with Crippen LogP contribution >= 0.6 is 0 Å². The molecule has 0 bridgehead atoms. The fourth-order valence-electron chi connectivity index (χ4n) is 2.16. The van der Waals surface area contributed by atoms with Crippen LogP contribution in [0.2, 0.25) is 0 Å². The zero-order chi connectivity index (χ0) is 13.8. The lowest BCUT2D eigenvalue weighted by atomic mass is 10.1. The minimum Gasteiger partial charge on any atom is -0.477 e. The zero-order valence-electron chi connectivity index (χ0n) is 11.5. The van der Waals surface area contributed by atoms with Gasteiger partial charge in [-0.2, -0.15) is 0 Å². The second kappa shape index (κ2) is 5.74. The van der Waals surface area contributed by atoms with Crippen LogP contribution in [0.15, 0.2) is 60.7 Å². The molecule has 1 aromatic heterocycles. The van der Waals surface area contributed by atoms with E-state index >= 15 is 0 Å². The third kappa shape index (κ3) is 2.97. The second-order valence-electron chi connectivity index (χ2n) is 4.93. The lowest BCUT2D eigenvalue weighted by molar-refractivity contribution is 0.310. The average Bonchev–Trinajstić information content (AvgIpc) is 2.49. The Labute approximate surface area is 119 Å². The van der Waals surface area contributed by atoms with Gasteiger partial charge in [0, 0.05) is 17.9 Å². The van der Waals surface area contributed by atoms with Crippen LogP contribution in [0, 0.1) is 6.92 Å². The van der Waals surface area contributed by atoms with Crippen LogP contribution in [0.4, 0.5) is 0 Å². The van der Waals surface area contributed by atoms with E-state index < -0.39 is 0 Å². The van der Waals surface area contributed by atoms with E-state index in [9.17, 15) is 0 Å². The molecule has 2 nitrogen and oxygen atoms in total. The summed E-state index contributed by atoms with van der Waals surface area (Å²) in [6, 6.07) is 20.6. The number of benzene rings is 2. The van der Waals surface area contributed by atoms with Crippen LogP contribution < -0.4 is 4.74 Å². The zero-order valence-corrected chi connectivity index (χ0v) is 11.5. The van der Waals surface area contributed by atoms with Gasteiger partial charge in [-0.1, -0.05) is 48.0 Å². The number of fused-ring (bicyclic) bond motifs is 1. The summed E-state index contributed by atoms with van der Waals surface area (Å²) in [4.78, 5) is 4.50. The Morgan fingerprint density at radius 2 is 1.70 bits per heavy atom. The van der Waals surface area contributed by atoms with Crippen LogP contribution in [0.25, 0.3) is 10.9 Å². The van der Waals surface area contributed by atoms with Crippen molar-refractivity contribution in [3.05, 3.63) is 71.8 Å². The van der Waals surface area contributed by atoms with E-state index in [1.165, 1.54) is 11.1 Å². The fraction of sp³-hybridized carbons (Fsp3) is 0.167. The van der Waals surface area contributed by atoms with Gasteiger partial charge in [0.05, 0.1) is 12.1 Å². The summed E-state index contributed by atoms with van der Waals surface area (Å²) in [6.07, 6.45) is 0.898. The summed E-state index contributed by atoms with van der Waals surface area (Å²) >= 11 is 0. The molecule has 1 heterocycles. The highest BCUT2D eigenvalue weighted by molar-refractivity contribution is 5.78. The van der Waals surface area contributed by atoms with Crippen molar-refractivity contribution < 1.29 is 4.74 Å². The highest BCUT2D eigenvalue weighted by atomic mass is 16.5. The van der Waals surface area contributed by atoms with Crippen LogP contribution in [0.3, 0.4) is 0 Å². The Kier molecular flexibility index (Phi) is 3.64. The van der Waals surface area contributed by atoms with E-state index in [4.69, 9.17) is 4.74 Å². The number of rotatable bonds is 4. The third-order valence-electron chi connectivity index (χ3n) is 3.33. The smallest absolute Gasteiger partial charge is 0.213 e. The molecule has 0 aliphatic heterocycles. The number of aromatic nitrogens is 1. The highest BCUT2D eigenvalue weighted by Gasteiger charge is 1.99. The largest absolute Gasteiger partial charge is 0.477 e. The van der Waals surface area contributed by atoms with Gasteiger partial charge in [-0.3, -0.25) is 0 Å². The summed E-state index contributed by atoms with van der Waals surface area (Å²) < 4.78 is 5.74. The highest BCUT2D eigenvalue weighted by Crippen LogP contribution is 2.16. The van der Waals surface area contributed by atoms with Crippen molar-refractivity contribution in [3.8, 4) is 5.88 Å². The molecule has 0 amide bonds. The molecule has 0 saturated heterocycles. The molecule has 3 aromatic rings. The molecule has 0 radical (unpaired) electrons. The SMILES string of the molecule is Cc1ccc(CCOc2ccc3ccccc3n2)cc1. The standard InChI is InChI=1S/C18H17NO/c1-14-6-8-15(9-7-14)12-13-20-18-11-10-16-4-2-3-5-17(16)19-18/h2-11H,12-13H2,1H3. The molecule has 0 aliphatic rings. The number of para-hydroxylation sites is 1. The quantitative estimate of drug-likeness (QED) is 0.705. The van der Waals surface area contributed by atoms with E-state index in [1.807, 2.05) is 30.3 Å². The Bertz CT molecular complexity index is 704. The van der Waals surface area contributed by atoms with Gasteiger partial charge in [-0.05, 0) is 24.6 Å². The minimum absolute atomic E-state index is 0.647. The summed E-state index contributed by atoms with van der Waals surface area (Å²) in [5, 5.41) is 1.14. The number of pyridine rings is 1. The Balaban J connectivity index is 1.63. The fourth-order valence-corrected chi connectivity index (χ4v) is 2.16. The summed E-state index contributed by atoms with van der Waals surface area (Å²) in [7, 11) is 0. The first-order valence-electron chi connectivity index (χ1n) is 6.85. The monoisotopic (exact) mass is 263 g/mol. The van der Waals surface area contributed by atoms with E-state index in [2.05, 4.69) is 42.2 Å². The van der Waals surface area contributed by atoms with Gasteiger partial charge in [-0.15, -0.1) is 0 Å². The first kappa shape index (κ1) is 12.7. The molecule has 0 N–H and O–H groups in total. The molecule has 0 aliphatic carbocycles. The summed E-state index contributed by atoms with van der Waals surface area (Å²) in [6.45, 7) is 2.74. The first-order valence-corrected chi connectivity index (χ1v) is 6.85. The van der Waals surface area contributed by atoms with Gasteiger partial charge in [0.15, 0.2) is 0 Å². The Hall–Kier alpha value is -2.35. The predicted molar refractivity (Wildman–Crippen MR) is 82.1 cm³/mol. The molecule has 0 unspecified atom stereocenters. The number of aryl methyl sites for hydroxylation is 1. The first-order chi connectivity index (χ1) is 9.81. The maximum Gasteiger partial charge on any atom is 0.213 e. The molecule has 0 saturated carbocycles. The molecular weight excluding hydrogens is 246 g/mol. The molecule has 0 fully saturated rings. The van der Waals surface area contributed by atoms with Crippen molar-refractivity contribution in [2.24, 2.45) is 0 Å². The molecule has 0 spiro atoms. The van der Waals surface area contributed by atoms with Crippen molar-refractivity contribution in [2.75, 3.05) is 6.61 Å². The molecule has 2 heteroatoms. The van der Waals surface area contributed by atoms with Gasteiger partial charge in [0.1, 0.15) is 0 Å². The van der Waals surface area contributed by atoms with Crippen LogP contribution in [0.1, 0.15) is 11.1 Å². The maximum atomic E-state index is 5.74. The molecule has 0 atom stereocenters. The average molecular weight is 263 g/mol. The van der Waals surface area contributed by atoms with Crippen LogP contribution in [-0.4, -0.2) is 11.6 Å². The molecule has 2 aromatic carbocycles. The Morgan fingerprint density at radius 3 is 2.55 bits per heavy atom. The molecule has 100 valence electrons. The normalized spacial score (nSPS) is 10.7. The number of nitrogens with zero attached hydrogens (tertiary/aromatic N) is 1. The predicted octanol–water partition coefficient (Wildman–Crippen LogP) is 4.16. The lowest BCUT2D eigenvalue weighted by Gasteiger charge is -2.06.